The van der Waals surface area contributed by atoms with Gasteiger partial charge in [0.25, 0.3) is 0 Å². The van der Waals surface area contributed by atoms with Crippen molar-refractivity contribution >= 4 is 23.2 Å². The molecule has 1 aromatic rings. The van der Waals surface area contributed by atoms with Gasteiger partial charge in [0.1, 0.15) is 10.3 Å². The zero-order valence-electron chi connectivity index (χ0n) is 7.06. The van der Waals surface area contributed by atoms with Gasteiger partial charge in [-0.25, -0.2) is 4.98 Å². The summed E-state index contributed by atoms with van der Waals surface area (Å²) in [6.07, 6.45) is 1.13. The Bertz CT molecular complexity index is 308. The van der Waals surface area contributed by atoms with Gasteiger partial charge in [-0.05, 0) is 24.6 Å². The molecular weight excluding hydrogens is 207 g/mol. The first-order valence-corrected chi connectivity index (χ1v) is 5.05. The van der Waals surface area contributed by atoms with Gasteiger partial charge in [0, 0.05) is 12.5 Å². The van der Waals surface area contributed by atoms with Gasteiger partial charge >= 0.3 is 0 Å². The van der Waals surface area contributed by atoms with Crippen LogP contribution in [-0.4, -0.2) is 18.1 Å². The Hall–Kier alpha value is -0.310. The van der Waals surface area contributed by atoms with E-state index in [9.17, 15) is 0 Å². The Balaban J connectivity index is 2.29. The highest BCUT2D eigenvalue weighted by Gasteiger charge is 2.19. The maximum absolute atomic E-state index is 5.99. The van der Waals surface area contributed by atoms with Crippen molar-refractivity contribution in [3.63, 3.8) is 0 Å². The van der Waals surface area contributed by atoms with Crippen molar-refractivity contribution in [2.75, 3.05) is 13.1 Å². The normalized spacial score (nSPS) is 22.2. The van der Waals surface area contributed by atoms with E-state index in [1.54, 1.807) is 6.07 Å². The van der Waals surface area contributed by atoms with Crippen LogP contribution in [0.5, 0.6) is 0 Å². The summed E-state index contributed by atoms with van der Waals surface area (Å²) in [6.45, 7) is 2.05. The molecule has 2 heterocycles. The van der Waals surface area contributed by atoms with Crippen LogP contribution >= 0.6 is 23.2 Å². The van der Waals surface area contributed by atoms with Gasteiger partial charge in [-0.1, -0.05) is 29.3 Å². The molecule has 1 N–H and O–H groups in total. The monoisotopic (exact) mass is 216 g/mol. The molecule has 1 aromatic heterocycles. The first-order chi connectivity index (χ1) is 6.27. The lowest BCUT2D eigenvalue weighted by Gasteiger charge is -2.09. The van der Waals surface area contributed by atoms with E-state index in [0.29, 0.717) is 16.2 Å². The van der Waals surface area contributed by atoms with Gasteiger partial charge in [0.05, 0.1) is 0 Å². The fraction of sp³-hybridized carbons (Fsp3) is 0.444. The third kappa shape index (κ3) is 1.96. The zero-order valence-corrected chi connectivity index (χ0v) is 8.57. The molecular formula is C9H10Cl2N2. The number of aromatic nitrogens is 1. The Labute approximate surface area is 87.3 Å². The van der Waals surface area contributed by atoms with Crippen molar-refractivity contribution < 1.29 is 0 Å². The van der Waals surface area contributed by atoms with E-state index < -0.39 is 0 Å². The van der Waals surface area contributed by atoms with Crippen molar-refractivity contribution in [2.24, 2.45) is 0 Å². The number of pyridine rings is 1. The van der Waals surface area contributed by atoms with Crippen molar-refractivity contribution in [1.82, 2.24) is 10.3 Å². The summed E-state index contributed by atoms with van der Waals surface area (Å²) >= 11 is 11.7. The SMILES string of the molecule is Clc1ccc(C2CCNC2)c(Cl)n1. The van der Waals surface area contributed by atoms with Crippen molar-refractivity contribution in [1.29, 1.82) is 0 Å². The minimum absolute atomic E-state index is 0.458. The summed E-state index contributed by atoms with van der Waals surface area (Å²) in [5, 5.41) is 4.29. The topological polar surface area (TPSA) is 24.9 Å². The van der Waals surface area contributed by atoms with E-state index in [-0.39, 0.29) is 0 Å². The van der Waals surface area contributed by atoms with Crippen molar-refractivity contribution in [3.05, 3.63) is 28.0 Å². The van der Waals surface area contributed by atoms with E-state index in [1.165, 1.54) is 0 Å². The highest BCUT2D eigenvalue weighted by Crippen LogP contribution is 2.28. The molecule has 0 spiro atoms. The molecule has 2 rings (SSSR count). The first kappa shape index (κ1) is 9.25. The molecule has 70 valence electrons. The summed E-state index contributed by atoms with van der Waals surface area (Å²) in [5.74, 6) is 0.497. The van der Waals surface area contributed by atoms with Crippen molar-refractivity contribution in [3.8, 4) is 0 Å². The Morgan fingerprint density at radius 1 is 1.38 bits per heavy atom. The first-order valence-electron chi connectivity index (χ1n) is 4.30. The molecule has 0 aliphatic carbocycles. The van der Waals surface area contributed by atoms with Crippen LogP contribution in [0.1, 0.15) is 17.9 Å². The minimum atomic E-state index is 0.458. The van der Waals surface area contributed by atoms with E-state index in [4.69, 9.17) is 23.2 Å². The predicted molar refractivity (Wildman–Crippen MR) is 54.5 cm³/mol. The molecule has 1 atom stereocenters. The lowest BCUT2D eigenvalue weighted by atomic mass is 10.0. The molecule has 1 unspecified atom stereocenters. The highest BCUT2D eigenvalue weighted by atomic mass is 35.5. The summed E-state index contributed by atoms with van der Waals surface area (Å²) in [7, 11) is 0. The summed E-state index contributed by atoms with van der Waals surface area (Å²) in [5.41, 5.74) is 1.11. The van der Waals surface area contributed by atoms with Crippen LogP contribution in [0, 0.1) is 0 Å². The average Bonchev–Trinajstić information content (AvgIpc) is 2.56. The summed E-state index contributed by atoms with van der Waals surface area (Å²) in [4.78, 5) is 4.02. The highest BCUT2D eigenvalue weighted by molar-refractivity contribution is 6.32. The number of nitrogens with zero attached hydrogens (tertiary/aromatic N) is 1. The second-order valence-corrected chi connectivity index (χ2v) is 3.95. The molecule has 1 saturated heterocycles. The zero-order chi connectivity index (χ0) is 9.26. The molecule has 0 saturated carbocycles. The van der Waals surface area contributed by atoms with Crippen LogP contribution in [0.2, 0.25) is 10.3 Å². The molecule has 1 aliphatic rings. The van der Waals surface area contributed by atoms with Gasteiger partial charge in [-0.2, -0.15) is 0 Å². The fourth-order valence-corrected chi connectivity index (χ4v) is 2.15. The van der Waals surface area contributed by atoms with Crippen LogP contribution in [0.3, 0.4) is 0 Å². The fourth-order valence-electron chi connectivity index (χ4n) is 1.65. The average molecular weight is 217 g/mol. The molecule has 1 fully saturated rings. The third-order valence-corrected chi connectivity index (χ3v) is 2.86. The molecule has 0 radical (unpaired) electrons. The predicted octanol–water partition coefficient (Wildman–Crippen LogP) is 2.47. The smallest absolute Gasteiger partial charge is 0.134 e. The molecule has 4 heteroatoms. The van der Waals surface area contributed by atoms with Gasteiger partial charge in [0.2, 0.25) is 0 Å². The second-order valence-electron chi connectivity index (χ2n) is 3.20. The van der Waals surface area contributed by atoms with Crippen LogP contribution in [0.15, 0.2) is 12.1 Å². The lowest BCUT2D eigenvalue weighted by molar-refractivity contribution is 0.759. The van der Waals surface area contributed by atoms with Gasteiger partial charge in [0.15, 0.2) is 0 Å². The maximum atomic E-state index is 5.99. The molecule has 0 aromatic carbocycles. The van der Waals surface area contributed by atoms with Crippen molar-refractivity contribution in [2.45, 2.75) is 12.3 Å². The van der Waals surface area contributed by atoms with E-state index >= 15 is 0 Å². The lowest BCUT2D eigenvalue weighted by Crippen LogP contribution is -2.08. The number of hydrogen-bond acceptors (Lipinski definition) is 2. The third-order valence-electron chi connectivity index (χ3n) is 2.34. The molecule has 1 aliphatic heterocycles. The Morgan fingerprint density at radius 3 is 2.85 bits per heavy atom. The number of halogens is 2. The van der Waals surface area contributed by atoms with Gasteiger partial charge in [-0.15, -0.1) is 0 Å². The maximum Gasteiger partial charge on any atom is 0.134 e. The van der Waals surface area contributed by atoms with Crippen LogP contribution in [0.25, 0.3) is 0 Å². The van der Waals surface area contributed by atoms with Crippen LogP contribution in [-0.2, 0) is 0 Å². The van der Waals surface area contributed by atoms with Crippen LogP contribution in [0.4, 0.5) is 0 Å². The quantitative estimate of drug-likeness (QED) is 0.731. The molecule has 13 heavy (non-hydrogen) atoms. The summed E-state index contributed by atoms with van der Waals surface area (Å²) in [6, 6.07) is 3.76. The molecule has 2 nitrogen and oxygen atoms in total. The number of rotatable bonds is 1. The molecule has 0 amide bonds. The van der Waals surface area contributed by atoms with Gasteiger partial charge in [-0.3, -0.25) is 0 Å². The minimum Gasteiger partial charge on any atom is -0.316 e. The Morgan fingerprint density at radius 2 is 2.23 bits per heavy atom. The second kappa shape index (κ2) is 3.82. The number of nitrogens with one attached hydrogen (secondary N) is 1. The van der Waals surface area contributed by atoms with Crippen LogP contribution < -0.4 is 5.32 Å². The van der Waals surface area contributed by atoms with E-state index in [1.807, 2.05) is 6.07 Å². The van der Waals surface area contributed by atoms with E-state index in [0.717, 1.165) is 25.1 Å². The Kier molecular flexibility index (Phi) is 2.72. The van der Waals surface area contributed by atoms with E-state index in [2.05, 4.69) is 10.3 Å². The summed E-state index contributed by atoms with van der Waals surface area (Å²) < 4.78 is 0. The number of hydrogen-bond donors (Lipinski definition) is 1. The largest absolute Gasteiger partial charge is 0.316 e. The molecule has 0 bridgehead atoms. The van der Waals surface area contributed by atoms with Gasteiger partial charge < -0.3 is 5.32 Å². The standard InChI is InChI=1S/C9H10Cl2N2/c10-8-2-1-7(9(11)13-8)6-3-4-12-5-6/h1-2,6,12H,3-5H2.